The van der Waals surface area contributed by atoms with Crippen LogP contribution in [0.4, 0.5) is 11.4 Å². The predicted octanol–water partition coefficient (Wildman–Crippen LogP) is 5.86. The molecule has 4 rings (SSSR count). The number of phenols is 1. The Kier molecular flexibility index (Phi) is 5.08. The van der Waals surface area contributed by atoms with Crippen molar-refractivity contribution in [1.82, 2.24) is 0 Å². The lowest BCUT2D eigenvalue weighted by Gasteiger charge is -2.12. The van der Waals surface area contributed by atoms with Crippen LogP contribution in [0.1, 0.15) is 21.5 Å². The normalized spacial score (nSPS) is 11.1. The molecular weight excluding hydrogens is 360 g/mol. The van der Waals surface area contributed by atoms with Gasteiger partial charge in [-0.1, -0.05) is 60.2 Å². The SMILES string of the molecule is Cc1ccc(N=Cc2c(O)c(C(=O)Nc3ccccc3)cc3ccccc23)cc1. The Hall–Kier alpha value is -3.92. The van der Waals surface area contributed by atoms with E-state index in [9.17, 15) is 9.90 Å². The molecule has 4 heteroatoms. The van der Waals surface area contributed by atoms with Gasteiger partial charge in [0.1, 0.15) is 5.75 Å². The number of aromatic hydroxyl groups is 1. The monoisotopic (exact) mass is 380 g/mol. The van der Waals surface area contributed by atoms with Gasteiger partial charge in [0.25, 0.3) is 5.91 Å². The van der Waals surface area contributed by atoms with Gasteiger partial charge in [-0.15, -0.1) is 0 Å². The molecule has 0 aliphatic rings. The van der Waals surface area contributed by atoms with Crippen molar-refractivity contribution in [3.05, 3.63) is 102 Å². The van der Waals surface area contributed by atoms with E-state index in [0.29, 0.717) is 11.3 Å². The molecule has 0 saturated heterocycles. The molecular formula is C25H20N2O2. The Morgan fingerprint density at radius 1 is 0.931 bits per heavy atom. The van der Waals surface area contributed by atoms with Crippen LogP contribution in [0.3, 0.4) is 0 Å². The first-order valence-electron chi connectivity index (χ1n) is 9.33. The highest BCUT2D eigenvalue weighted by Crippen LogP contribution is 2.31. The molecule has 4 aromatic carbocycles. The van der Waals surface area contributed by atoms with Crippen LogP contribution in [0.5, 0.6) is 5.75 Å². The largest absolute Gasteiger partial charge is 0.506 e. The zero-order chi connectivity index (χ0) is 20.2. The number of carbonyl (C=O) groups excluding carboxylic acids is 1. The number of anilines is 1. The van der Waals surface area contributed by atoms with Crippen molar-refractivity contribution in [3.63, 3.8) is 0 Å². The molecule has 2 N–H and O–H groups in total. The number of amides is 1. The Bertz CT molecular complexity index is 1200. The van der Waals surface area contributed by atoms with Crippen molar-refractivity contribution in [2.45, 2.75) is 6.92 Å². The van der Waals surface area contributed by atoms with Crippen molar-refractivity contribution < 1.29 is 9.90 Å². The number of nitrogens with zero attached hydrogens (tertiary/aromatic N) is 1. The summed E-state index contributed by atoms with van der Waals surface area (Å²) < 4.78 is 0. The third-order valence-corrected chi connectivity index (χ3v) is 4.71. The summed E-state index contributed by atoms with van der Waals surface area (Å²) in [5, 5.41) is 15.4. The van der Waals surface area contributed by atoms with Crippen LogP contribution in [0, 0.1) is 6.92 Å². The van der Waals surface area contributed by atoms with Crippen LogP contribution in [0.25, 0.3) is 10.8 Å². The number of hydrogen-bond donors (Lipinski definition) is 2. The first kappa shape index (κ1) is 18.4. The van der Waals surface area contributed by atoms with Gasteiger partial charge in [0.15, 0.2) is 0 Å². The predicted molar refractivity (Wildman–Crippen MR) is 118 cm³/mol. The maximum Gasteiger partial charge on any atom is 0.259 e. The van der Waals surface area contributed by atoms with Gasteiger partial charge in [-0.3, -0.25) is 9.79 Å². The number of aryl methyl sites for hydroxylation is 1. The second kappa shape index (κ2) is 7.98. The second-order valence-corrected chi connectivity index (χ2v) is 6.82. The third kappa shape index (κ3) is 4.01. The molecule has 0 aromatic heterocycles. The fraction of sp³-hybridized carbons (Fsp3) is 0.0400. The minimum Gasteiger partial charge on any atom is -0.506 e. The Balaban J connectivity index is 1.77. The third-order valence-electron chi connectivity index (χ3n) is 4.71. The van der Waals surface area contributed by atoms with Crippen LogP contribution in [0.15, 0.2) is 89.9 Å². The molecule has 0 fully saturated rings. The molecule has 0 bridgehead atoms. The summed E-state index contributed by atoms with van der Waals surface area (Å²) in [4.78, 5) is 17.3. The molecule has 0 radical (unpaired) electrons. The van der Waals surface area contributed by atoms with E-state index in [1.807, 2.05) is 73.7 Å². The fourth-order valence-corrected chi connectivity index (χ4v) is 3.16. The zero-order valence-electron chi connectivity index (χ0n) is 16.0. The quantitative estimate of drug-likeness (QED) is 0.436. The maximum atomic E-state index is 12.8. The smallest absolute Gasteiger partial charge is 0.259 e. The van der Waals surface area contributed by atoms with E-state index < -0.39 is 0 Å². The van der Waals surface area contributed by atoms with E-state index in [-0.39, 0.29) is 17.2 Å². The average Bonchev–Trinajstić information content (AvgIpc) is 2.74. The molecule has 0 aliphatic heterocycles. The first-order valence-corrected chi connectivity index (χ1v) is 9.33. The highest BCUT2D eigenvalue weighted by molar-refractivity contribution is 6.13. The lowest BCUT2D eigenvalue weighted by molar-refractivity contribution is 0.102. The Labute approximate surface area is 169 Å². The standard InChI is InChI=1S/C25H20N2O2/c1-17-11-13-19(14-12-17)26-16-23-21-10-6-5-7-18(21)15-22(24(23)28)25(29)27-20-8-3-2-4-9-20/h2-16,28H,1H3,(H,27,29). The van der Waals surface area contributed by atoms with Gasteiger partial charge in [-0.2, -0.15) is 0 Å². The van der Waals surface area contributed by atoms with Crippen LogP contribution in [-0.2, 0) is 0 Å². The van der Waals surface area contributed by atoms with E-state index in [4.69, 9.17) is 0 Å². The number of phenolic OH excluding ortho intramolecular Hbond substituents is 1. The summed E-state index contributed by atoms with van der Waals surface area (Å²) in [6, 6.07) is 26.3. The average molecular weight is 380 g/mol. The van der Waals surface area contributed by atoms with Crippen LogP contribution >= 0.6 is 0 Å². The van der Waals surface area contributed by atoms with Crippen LogP contribution in [0.2, 0.25) is 0 Å². The van der Waals surface area contributed by atoms with Gasteiger partial charge in [0.2, 0.25) is 0 Å². The van der Waals surface area contributed by atoms with Crippen LogP contribution in [-0.4, -0.2) is 17.2 Å². The highest BCUT2D eigenvalue weighted by Gasteiger charge is 2.17. The molecule has 0 heterocycles. The summed E-state index contributed by atoms with van der Waals surface area (Å²) >= 11 is 0. The molecule has 4 aromatic rings. The summed E-state index contributed by atoms with van der Waals surface area (Å²) in [6.07, 6.45) is 1.61. The number of para-hydroxylation sites is 1. The number of aliphatic imine (C=N–C) groups is 1. The van der Waals surface area contributed by atoms with E-state index >= 15 is 0 Å². The number of rotatable bonds is 4. The van der Waals surface area contributed by atoms with Crippen molar-refractivity contribution >= 4 is 34.3 Å². The van der Waals surface area contributed by atoms with Gasteiger partial charge >= 0.3 is 0 Å². The van der Waals surface area contributed by atoms with Crippen molar-refractivity contribution in [3.8, 4) is 5.75 Å². The molecule has 142 valence electrons. The first-order chi connectivity index (χ1) is 14.1. The molecule has 0 spiro atoms. The summed E-state index contributed by atoms with van der Waals surface area (Å²) in [7, 11) is 0. The van der Waals surface area contributed by atoms with Crippen molar-refractivity contribution in [2.24, 2.45) is 4.99 Å². The number of benzene rings is 4. The Morgan fingerprint density at radius 2 is 1.62 bits per heavy atom. The highest BCUT2D eigenvalue weighted by atomic mass is 16.3. The fourth-order valence-electron chi connectivity index (χ4n) is 3.16. The van der Waals surface area contributed by atoms with E-state index in [1.165, 1.54) is 0 Å². The molecule has 0 aliphatic carbocycles. The molecule has 4 nitrogen and oxygen atoms in total. The van der Waals surface area contributed by atoms with E-state index in [1.54, 1.807) is 24.4 Å². The lowest BCUT2D eigenvalue weighted by atomic mass is 9.99. The maximum absolute atomic E-state index is 12.8. The number of fused-ring (bicyclic) bond motifs is 1. The minimum absolute atomic E-state index is 0.0898. The zero-order valence-corrected chi connectivity index (χ0v) is 16.0. The number of nitrogens with one attached hydrogen (secondary N) is 1. The van der Waals surface area contributed by atoms with E-state index in [0.717, 1.165) is 22.0 Å². The number of carbonyl (C=O) groups is 1. The number of hydrogen-bond acceptors (Lipinski definition) is 3. The van der Waals surface area contributed by atoms with Crippen molar-refractivity contribution in [1.29, 1.82) is 0 Å². The van der Waals surface area contributed by atoms with Crippen LogP contribution < -0.4 is 5.32 Å². The lowest BCUT2D eigenvalue weighted by Crippen LogP contribution is -2.12. The Morgan fingerprint density at radius 3 is 2.38 bits per heavy atom. The topological polar surface area (TPSA) is 61.7 Å². The summed E-state index contributed by atoms with van der Waals surface area (Å²) in [5.41, 5.74) is 3.31. The summed E-state index contributed by atoms with van der Waals surface area (Å²) in [6.45, 7) is 2.02. The second-order valence-electron chi connectivity index (χ2n) is 6.82. The molecule has 29 heavy (non-hydrogen) atoms. The van der Waals surface area contributed by atoms with Gasteiger partial charge in [0, 0.05) is 17.5 Å². The molecule has 0 unspecified atom stereocenters. The minimum atomic E-state index is -0.371. The molecule has 0 atom stereocenters. The summed E-state index contributed by atoms with van der Waals surface area (Å²) in [5.74, 6) is -0.461. The van der Waals surface area contributed by atoms with Gasteiger partial charge in [0.05, 0.1) is 11.3 Å². The van der Waals surface area contributed by atoms with E-state index in [2.05, 4.69) is 10.3 Å². The van der Waals surface area contributed by atoms with Gasteiger partial charge < -0.3 is 10.4 Å². The molecule has 1 amide bonds. The van der Waals surface area contributed by atoms with Gasteiger partial charge in [-0.25, -0.2) is 0 Å². The van der Waals surface area contributed by atoms with Crippen molar-refractivity contribution in [2.75, 3.05) is 5.32 Å². The molecule has 0 saturated carbocycles. The van der Waals surface area contributed by atoms with Gasteiger partial charge in [-0.05, 0) is 48.0 Å².